The van der Waals surface area contributed by atoms with Gasteiger partial charge in [0.25, 0.3) is 5.56 Å². The molecule has 1 aliphatic rings. The second-order valence-electron chi connectivity index (χ2n) is 7.57. The molecule has 1 saturated heterocycles. The van der Waals surface area contributed by atoms with Gasteiger partial charge < -0.3 is 19.0 Å². The fourth-order valence-electron chi connectivity index (χ4n) is 3.26. The minimum Gasteiger partial charge on any atom is -0.387 e. The van der Waals surface area contributed by atoms with E-state index >= 15 is 0 Å². The van der Waals surface area contributed by atoms with Crippen LogP contribution in [0.15, 0.2) is 11.1 Å². The van der Waals surface area contributed by atoms with E-state index in [0.717, 1.165) is 6.42 Å². The number of aromatic amines is 1. The van der Waals surface area contributed by atoms with Crippen LogP contribution in [0.4, 0.5) is 5.95 Å². The van der Waals surface area contributed by atoms with Crippen molar-refractivity contribution in [3.63, 3.8) is 0 Å². The van der Waals surface area contributed by atoms with Crippen molar-refractivity contribution in [3.8, 4) is 0 Å². The molecule has 32 heavy (non-hydrogen) atoms. The van der Waals surface area contributed by atoms with Gasteiger partial charge in [0.05, 0.1) is 6.33 Å². The van der Waals surface area contributed by atoms with Gasteiger partial charge in [-0.1, -0.05) is 20.8 Å². The second-order valence-corrected chi connectivity index (χ2v) is 10.3. The molecular weight excluding hydrogens is 455 g/mol. The Morgan fingerprint density at radius 3 is 2.94 bits per heavy atom. The van der Waals surface area contributed by atoms with E-state index in [2.05, 4.69) is 25.1 Å². The maximum atomic E-state index is 12.5. The van der Waals surface area contributed by atoms with Crippen molar-refractivity contribution in [3.05, 3.63) is 28.1 Å². The molecule has 3 rings (SSSR count). The molecule has 0 radical (unpaired) electrons. The van der Waals surface area contributed by atoms with Gasteiger partial charge in [0.2, 0.25) is 18.4 Å². The molecule has 0 spiro atoms. The first-order valence-electron chi connectivity index (χ1n) is 10.2. The summed E-state index contributed by atoms with van der Waals surface area (Å²) in [7, 11) is -1.26. The molecule has 11 nitrogen and oxygen atoms in total. The zero-order valence-corrected chi connectivity index (χ0v) is 20.0. The van der Waals surface area contributed by atoms with E-state index in [1.54, 1.807) is 25.1 Å². The Morgan fingerprint density at radius 1 is 1.53 bits per heavy atom. The number of carbonyl (C=O) groups excluding carboxylic acids is 1. The number of aliphatic hydroxyl groups excluding tert-OH is 1. The largest absolute Gasteiger partial charge is 0.387 e. The number of imidazole rings is 1. The highest BCUT2D eigenvalue weighted by atomic mass is 32.2. The van der Waals surface area contributed by atoms with Crippen LogP contribution in [0, 0.1) is 12.5 Å². The number of aliphatic hydroxyl groups is 1. The maximum absolute atomic E-state index is 12.5. The van der Waals surface area contributed by atoms with Crippen LogP contribution in [0.25, 0.3) is 16.0 Å². The van der Waals surface area contributed by atoms with Gasteiger partial charge >= 0.3 is 0 Å². The Balaban J connectivity index is 1.86. The fourth-order valence-corrected chi connectivity index (χ4v) is 5.88. The van der Waals surface area contributed by atoms with Crippen LogP contribution in [-0.2, 0) is 13.8 Å². The summed E-state index contributed by atoms with van der Waals surface area (Å²) in [6, 6.07) is 0. The third-order valence-electron chi connectivity index (χ3n) is 4.93. The standard InChI is InChI=1S/C19H27N6O5PS/c1-6-11-14(30-31(5)29-8-7-20-4)13(26)18(32-11)25-9-21-12-15(25)22-19(24-17(12)28)23-16(27)10(2)3/h9-11,13-14,18,26H,6-8H2,1-3,5H3,(H2,22,23,24,27,28)/t11-,13-,14-,18-,31?/m1/s1. The lowest BCUT2D eigenvalue weighted by atomic mass is 10.1. The average molecular weight is 483 g/mol. The molecule has 1 amide bonds. The minimum absolute atomic E-state index is 0.0102. The number of rotatable bonds is 9. The quantitative estimate of drug-likeness (QED) is 0.282. The summed E-state index contributed by atoms with van der Waals surface area (Å²) in [4.78, 5) is 38.8. The first-order chi connectivity index (χ1) is 15.3. The number of nitrogens with one attached hydrogen (secondary N) is 2. The van der Waals surface area contributed by atoms with Crippen LogP contribution in [0.3, 0.4) is 0 Å². The molecule has 3 heterocycles. The number of nitrogens with zero attached hydrogens (tertiary/aromatic N) is 4. The van der Waals surface area contributed by atoms with Gasteiger partial charge in [-0.25, -0.2) is 11.6 Å². The van der Waals surface area contributed by atoms with Crippen molar-refractivity contribution >= 4 is 43.2 Å². The van der Waals surface area contributed by atoms with Crippen LogP contribution < -0.4 is 10.9 Å². The summed E-state index contributed by atoms with van der Waals surface area (Å²) in [5.41, 5.74) is -0.0830. The zero-order chi connectivity index (χ0) is 23.4. The van der Waals surface area contributed by atoms with Gasteiger partial charge in [-0.15, -0.1) is 11.8 Å². The number of amides is 1. The van der Waals surface area contributed by atoms with Crippen molar-refractivity contribution in [2.45, 2.75) is 50.0 Å². The van der Waals surface area contributed by atoms with Crippen LogP contribution in [0.5, 0.6) is 0 Å². The van der Waals surface area contributed by atoms with Crippen molar-refractivity contribution in [2.75, 3.05) is 25.1 Å². The number of carbonyl (C=O) groups is 1. The SMILES string of the molecule is [C-]#[N+]CCOP(C)O[C@H]1[C@@H](O)[C@H](n2cnc3c(=O)[nH]c(NC(=O)C(C)C)nc32)S[C@@H]1CC. The highest BCUT2D eigenvalue weighted by Crippen LogP contribution is 2.49. The summed E-state index contributed by atoms with van der Waals surface area (Å²) in [5.74, 6) is -0.522. The topological polar surface area (TPSA) is 136 Å². The van der Waals surface area contributed by atoms with Crippen LogP contribution >= 0.6 is 20.1 Å². The summed E-state index contributed by atoms with van der Waals surface area (Å²) in [6.07, 6.45) is 0.841. The van der Waals surface area contributed by atoms with Crippen molar-refractivity contribution < 1.29 is 18.9 Å². The Kier molecular flexibility index (Phi) is 8.25. The first kappa shape index (κ1) is 24.6. The van der Waals surface area contributed by atoms with E-state index in [0.29, 0.717) is 0 Å². The lowest BCUT2D eigenvalue weighted by molar-refractivity contribution is -0.118. The summed E-state index contributed by atoms with van der Waals surface area (Å²) in [6.45, 7) is 14.7. The molecular formula is C19H27N6O5PS. The van der Waals surface area contributed by atoms with E-state index in [-0.39, 0.29) is 47.3 Å². The lowest BCUT2D eigenvalue weighted by Crippen LogP contribution is -2.33. The van der Waals surface area contributed by atoms with Gasteiger partial charge in [-0.2, -0.15) is 4.98 Å². The van der Waals surface area contributed by atoms with E-state index in [1.165, 1.54) is 18.1 Å². The predicted octanol–water partition coefficient (Wildman–Crippen LogP) is 2.36. The third kappa shape index (κ3) is 5.30. The normalized spacial score (nSPS) is 24.0. The fraction of sp³-hybridized carbons (Fsp3) is 0.632. The molecule has 1 unspecified atom stereocenters. The molecule has 0 bridgehead atoms. The molecule has 1 fully saturated rings. The molecule has 0 saturated carbocycles. The molecule has 1 aliphatic heterocycles. The van der Waals surface area contributed by atoms with Crippen molar-refractivity contribution in [2.24, 2.45) is 5.92 Å². The number of anilines is 1. The van der Waals surface area contributed by atoms with Crippen LogP contribution in [-0.4, -0.2) is 67.8 Å². The summed E-state index contributed by atoms with van der Waals surface area (Å²) >= 11 is 1.51. The van der Waals surface area contributed by atoms with Gasteiger partial charge in [0.1, 0.15) is 24.2 Å². The van der Waals surface area contributed by atoms with Crippen molar-refractivity contribution in [1.29, 1.82) is 0 Å². The van der Waals surface area contributed by atoms with Gasteiger partial charge in [0.15, 0.2) is 19.5 Å². The summed E-state index contributed by atoms with van der Waals surface area (Å²) < 4.78 is 13.2. The van der Waals surface area contributed by atoms with Crippen LogP contribution in [0.1, 0.15) is 32.6 Å². The van der Waals surface area contributed by atoms with E-state index in [1.807, 2.05) is 6.92 Å². The maximum Gasteiger partial charge on any atom is 0.280 e. The third-order valence-corrected chi connectivity index (χ3v) is 7.75. The lowest BCUT2D eigenvalue weighted by Gasteiger charge is -2.24. The highest BCUT2D eigenvalue weighted by molar-refractivity contribution is 8.00. The molecule has 3 N–H and O–H groups in total. The number of thioether (sulfide) groups is 1. The van der Waals surface area contributed by atoms with E-state index in [9.17, 15) is 14.7 Å². The van der Waals surface area contributed by atoms with E-state index < -0.39 is 31.5 Å². The van der Waals surface area contributed by atoms with Gasteiger partial charge in [-0.05, 0) is 6.42 Å². The molecule has 13 heteroatoms. The number of aromatic nitrogens is 4. The second kappa shape index (κ2) is 10.7. The van der Waals surface area contributed by atoms with Crippen LogP contribution in [0.2, 0.25) is 0 Å². The van der Waals surface area contributed by atoms with Crippen molar-refractivity contribution in [1.82, 2.24) is 19.5 Å². The molecule has 5 atom stereocenters. The Hall–Kier alpha value is -2.03. The molecule has 0 aliphatic carbocycles. The minimum atomic E-state index is -1.26. The Morgan fingerprint density at radius 2 is 2.28 bits per heavy atom. The Labute approximate surface area is 191 Å². The molecule has 0 aromatic carbocycles. The number of fused-ring (bicyclic) bond motifs is 1. The number of hydrogen-bond donors (Lipinski definition) is 3. The number of hydrogen-bond acceptors (Lipinski definition) is 8. The zero-order valence-electron chi connectivity index (χ0n) is 18.3. The smallest absolute Gasteiger partial charge is 0.280 e. The molecule has 174 valence electrons. The average Bonchev–Trinajstić information content (AvgIpc) is 3.29. The molecule has 2 aromatic rings. The number of H-pyrrole nitrogens is 1. The summed E-state index contributed by atoms with van der Waals surface area (Å²) in [5, 5.41) is 13.2. The van der Waals surface area contributed by atoms with E-state index in [4.69, 9.17) is 15.6 Å². The predicted molar refractivity (Wildman–Crippen MR) is 123 cm³/mol. The van der Waals surface area contributed by atoms with Gasteiger partial charge in [0, 0.05) is 17.8 Å². The highest BCUT2D eigenvalue weighted by Gasteiger charge is 2.45. The van der Waals surface area contributed by atoms with Gasteiger partial charge in [-0.3, -0.25) is 24.5 Å². The Bertz CT molecular complexity index is 1050. The monoisotopic (exact) mass is 482 g/mol. The first-order valence-corrected chi connectivity index (χ1v) is 12.8. The molecule has 2 aromatic heterocycles.